The lowest BCUT2D eigenvalue weighted by Gasteiger charge is -2.27. The molecule has 4 rings (SSSR count). The van der Waals surface area contributed by atoms with Crippen LogP contribution in [0.25, 0.3) is 21.9 Å². The number of aromatic nitrogens is 1. The Morgan fingerprint density at radius 1 is 0.710 bits per heavy atom. The molecule has 0 fully saturated rings. The van der Waals surface area contributed by atoms with Gasteiger partial charge in [0.05, 0.1) is 105 Å². The fraction of sp³-hybridized carbons (Fsp3) is 0.510. The minimum absolute atomic E-state index is 0.0417. The summed E-state index contributed by atoms with van der Waals surface area (Å²) in [5.41, 5.74) is 8.13. The molecular formula is C51H71N5O13. The van der Waals surface area contributed by atoms with Gasteiger partial charge in [0.15, 0.2) is 0 Å². The highest BCUT2D eigenvalue weighted by atomic mass is 16.6. The van der Waals surface area contributed by atoms with Gasteiger partial charge in [-0.2, -0.15) is 0 Å². The number of methoxy groups -OCH3 is 1. The van der Waals surface area contributed by atoms with Gasteiger partial charge in [-0.1, -0.05) is 54.6 Å². The van der Waals surface area contributed by atoms with E-state index in [0.717, 1.165) is 33.2 Å². The van der Waals surface area contributed by atoms with E-state index in [-0.39, 0.29) is 31.8 Å². The molecule has 69 heavy (non-hydrogen) atoms. The first kappa shape index (κ1) is 55.9. The normalized spacial score (nSPS) is 11.8. The number of ether oxygens (including phenoxy) is 9. The van der Waals surface area contributed by atoms with E-state index in [1.165, 1.54) is 12.0 Å². The van der Waals surface area contributed by atoms with Crippen molar-refractivity contribution in [2.24, 2.45) is 5.73 Å². The maximum Gasteiger partial charge on any atom is 0.416 e. The fourth-order valence-corrected chi connectivity index (χ4v) is 6.74. The number of rotatable bonds is 33. The van der Waals surface area contributed by atoms with Crippen molar-refractivity contribution in [2.45, 2.75) is 58.6 Å². The molecular weight excluding hydrogens is 891 g/mol. The van der Waals surface area contributed by atoms with Crippen LogP contribution < -0.4 is 26.0 Å². The van der Waals surface area contributed by atoms with Gasteiger partial charge in [-0.3, -0.25) is 19.3 Å². The van der Waals surface area contributed by atoms with Crippen LogP contribution in [0.1, 0.15) is 57.2 Å². The zero-order valence-corrected chi connectivity index (χ0v) is 40.8. The van der Waals surface area contributed by atoms with Crippen molar-refractivity contribution in [3.05, 3.63) is 90.1 Å². The van der Waals surface area contributed by atoms with Crippen molar-refractivity contribution in [3.8, 4) is 16.9 Å². The number of anilines is 1. The van der Waals surface area contributed by atoms with Gasteiger partial charge in [-0.15, -0.1) is 0 Å². The Balaban J connectivity index is 1.19. The first-order chi connectivity index (χ1) is 33.4. The highest BCUT2D eigenvalue weighted by Crippen LogP contribution is 2.35. The van der Waals surface area contributed by atoms with Gasteiger partial charge < -0.3 is 59.0 Å². The molecule has 0 aliphatic heterocycles. The van der Waals surface area contributed by atoms with Crippen molar-refractivity contribution in [3.63, 3.8) is 0 Å². The van der Waals surface area contributed by atoms with Crippen molar-refractivity contribution >= 4 is 40.5 Å². The molecule has 378 valence electrons. The summed E-state index contributed by atoms with van der Waals surface area (Å²) in [4.78, 5) is 57.2. The molecule has 18 heteroatoms. The van der Waals surface area contributed by atoms with E-state index >= 15 is 0 Å². The van der Waals surface area contributed by atoms with Crippen molar-refractivity contribution in [1.82, 2.24) is 15.6 Å². The number of pyridine rings is 1. The van der Waals surface area contributed by atoms with Gasteiger partial charge in [0.1, 0.15) is 23.8 Å². The topological polar surface area (TPSA) is 218 Å². The second-order valence-corrected chi connectivity index (χ2v) is 16.7. The SMILES string of the molecule is COC(=O)C[C@H](NC(=O)CNC(=O)CCCN(C(=O)OC(C)(C)C)c1cc(C)ccn1)c1ccc(-c2ccc(OCCOCCOCCOCCOCCOCCOCCN)c3ccccc23)cc1. The average molecular weight is 962 g/mol. The van der Waals surface area contributed by atoms with Gasteiger partial charge in [0.25, 0.3) is 0 Å². The van der Waals surface area contributed by atoms with E-state index in [0.29, 0.717) is 110 Å². The maximum absolute atomic E-state index is 13.1. The van der Waals surface area contributed by atoms with Gasteiger partial charge in [0.2, 0.25) is 11.8 Å². The van der Waals surface area contributed by atoms with Crippen LogP contribution in [-0.2, 0) is 52.3 Å². The first-order valence-electron chi connectivity index (χ1n) is 23.4. The second kappa shape index (κ2) is 31.4. The highest BCUT2D eigenvalue weighted by molar-refractivity contribution is 6.00. The lowest BCUT2D eigenvalue weighted by atomic mass is 9.95. The molecule has 0 unspecified atom stereocenters. The molecule has 1 heterocycles. The smallest absolute Gasteiger partial charge is 0.416 e. The summed E-state index contributed by atoms with van der Waals surface area (Å²) in [5.74, 6) is -0.233. The predicted molar refractivity (Wildman–Crippen MR) is 261 cm³/mol. The summed E-state index contributed by atoms with van der Waals surface area (Å²) in [6, 6.07) is 22.3. The molecule has 1 atom stereocenters. The number of carbonyl (C=O) groups is 4. The quantitative estimate of drug-likeness (QED) is 0.0385. The zero-order valence-electron chi connectivity index (χ0n) is 40.8. The molecule has 4 aromatic rings. The number of fused-ring (bicyclic) bond motifs is 1. The monoisotopic (exact) mass is 962 g/mol. The number of benzene rings is 3. The number of aryl methyl sites for hydroxylation is 1. The van der Waals surface area contributed by atoms with E-state index in [1.807, 2.05) is 73.7 Å². The van der Waals surface area contributed by atoms with Crippen molar-refractivity contribution in [2.75, 3.05) is 118 Å². The van der Waals surface area contributed by atoms with Crippen molar-refractivity contribution in [1.29, 1.82) is 0 Å². The summed E-state index contributed by atoms with van der Waals surface area (Å²) in [5, 5.41) is 7.43. The van der Waals surface area contributed by atoms with Gasteiger partial charge in [-0.05, 0) is 80.0 Å². The van der Waals surface area contributed by atoms with E-state index in [1.54, 1.807) is 33.0 Å². The Bertz CT molecular complexity index is 2150. The van der Waals surface area contributed by atoms with Crippen LogP contribution in [0.2, 0.25) is 0 Å². The number of nitrogens with zero attached hydrogens (tertiary/aromatic N) is 2. The molecule has 0 saturated carbocycles. The van der Waals surface area contributed by atoms with Crippen LogP contribution in [0.5, 0.6) is 5.75 Å². The lowest BCUT2D eigenvalue weighted by molar-refractivity contribution is -0.141. The van der Waals surface area contributed by atoms with Crippen LogP contribution >= 0.6 is 0 Å². The predicted octanol–water partition coefficient (Wildman–Crippen LogP) is 5.71. The molecule has 0 spiro atoms. The zero-order chi connectivity index (χ0) is 49.7. The minimum Gasteiger partial charge on any atom is -0.491 e. The summed E-state index contributed by atoms with van der Waals surface area (Å²) >= 11 is 0. The van der Waals surface area contributed by atoms with E-state index in [9.17, 15) is 19.2 Å². The number of nitrogens with two attached hydrogens (primary N) is 1. The number of carbonyl (C=O) groups excluding carboxylic acids is 4. The van der Waals surface area contributed by atoms with Gasteiger partial charge >= 0.3 is 12.1 Å². The molecule has 0 saturated heterocycles. The second-order valence-electron chi connectivity index (χ2n) is 16.7. The molecule has 0 aliphatic carbocycles. The van der Waals surface area contributed by atoms with Crippen LogP contribution in [-0.4, -0.2) is 147 Å². The van der Waals surface area contributed by atoms with E-state index in [4.69, 9.17) is 48.4 Å². The molecule has 3 aromatic carbocycles. The van der Waals surface area contributed by atoms with Crippen LogP contribution in [0.3, 0.4) is 0 Å². The fourth-order valence-electron chi connectivity index (χ4n) is 6.74. The molecule has 1 aromatic heterocycles. The molecule has 0 aliphatic rings. The number of hydrogen-bond acceptors (Lipinski definition) is 15. The molecule has 3 amide bonds. The summed E-state index contributed by atoms with van der Waals surface area (Å²) in [6.07, 6.45) is 1.25. The standard InChI is InChI=1S/C51H71N5O13/c1-38-18-20-53-46(35-38)56(50(60)69-51(2,3)4)21-8-11-47(57)54-37-48(58)55-44(36-49(59)61-5)40-14-12-39(13-15-40)41-16-17-45(43-10-7-6-9-42(41)43)68-34-33-67-32-31-66-30-29-65-28-27-64-26-25-63-24-23-62-22-19-52/h6-7,9-10,12-18,20,35,44H,8,11,19,21-34,36-37,52H2,1-5H3,(H,54,57)(H,55,58)/t44-/m0/s1. The van der Waals surface area contributed by atoms with Crippen molar-refractivity contribution < 1.29 is 61.8 Å². The van der Waals surface area contributed by atoms with Gasteiger partial charge in [-0.25, -0.2) is 9.78 Å². The third-order valence-electron chi connectivity index (χ3n) is 10.1. The minimum atomic E-state index is -0.723. The molecule has 4 N–H and O–H groups in total. The lowest BCUT2D eigenvalue weighted by Crippen LogP contribution is -2.40. The number of nitrogens with one attached hydrogen (secondary N) is 2. The largest absolute Gasteiger partial charge is 0.491 e. The Kier molecular flexibility index (Phi) is 25.4. The first-order valence-corrected chi connectivity index (χ1v) is 23.4. The Morgan fingerprint density at radius 3 is 1.86 bits per heavy atom. The highest BCUT2D eigenvalue weighted by Gasteiger charge is 2.25. The number of hydrogen-bond donors (Lipinski definition) is 3. The van der Waals surface area contributed by atoms with Crippen LogP contribution in [0, 0.1) is 6.92 Å². The molecule has 0 bridgehead atoms. The van der Waals surface area contributed by atoms with Crippen LogP contribution in [0.15, 0.2) is 79.0 Å². The maximum atomic E-state index is 13.1. The Morgan fingerprint density at radius 2 is 1.29 bits per heavy atom. The summed E-state index contributed by atoms with van der Waals surface area (Å²) < 4.78 is 49.6. The summed E-state index contributed by atoms with van der Waals surface area (Å²) in [6.45, 7) is 13.6. The van der Waals surface area contributed by atoms with E-state index < -0.39 is 29.6 Å². The third-order valence-corrected chi connectivity index (χ3v) is 10.1. The Hall–Kier alpha value is -5.73. The van der Waals surface area contributed by atoms with E-state index in [2.05, 4.69) is 15.6 Å². The average Bonchev–Trinajstić information content (AvgIpc) is 3.33. The molecule has 0 radical (unpaired) electrons. The summed E-state index contributed by atoms with van der Waals surface area (Å²) in [7, 11) is 1.29. The van der Waals surface area contributed by atoms with Gasteiger partial charge in [0, 0.05) is 31.1 Å². The third kappa shape index (κ3) is 21.6. The number of esters is 1. The van der Waals surface area contributed by atoms with Crippen LogP contribution in [0.4, 0.5) is 10.6 Å². The number of amides is 3. The Labute approximate surface area is 405 Å². The molecule has 18 nitrogen and oxygen atoms in total.